The number of nitrogen functional groups attached to an aromatic ring is 1. The molecular weight excluding hydrogens is 241 g/mol. The van der Waals surface area contributed by atoms with E-state index in [1.807, 2.05) is 24.3 Å². The molecule has 100 valence electrons. The largest absolute Gasteiger partial charge is 0.489 e. The van der Waals surface area contributed by atoms with Crippen molar-refractivity contribution in [3.05, 3.63) is 59.4 Å². The molecule has 0 atom stereocenters. The van der Waals surface area contributed by atoms with E-state index in [2.05, 4.69) is 6.92 Å². The van der Waals surface area contributed by atoms with Crippen LogP contribution in [-0.4, -0.2) is 0 Å². The van der Waals surface area contributed by atoms with Crippen LogP contribution in [-0.2, 0) is 13.0 Å². The Bertz CT molecular complexity index is 537. The van der Waals surface area contributed by atoms with Crippen LogP contribution < -0.4 is 10.5 Å². The lowest BCUT2D eigenvalue weighted by atomic mass is 10.1. The smallest absolute Gasteiger partial charge is 0.123 e. The van der Waals surface area contributed by atoms with Crippen molar-refractivity contribution in [3.8, 4) is 5.75 Å². The Labute approximate surface area is 113 Å². The number of benzene rings is 2. The minimum atomic E-state index is -0.300. The van der Waals surface area contributed by atoms with Crippen molar-refractivity contribution in [3.63, 3.8) is 0 Å². The van der Waals surface area contributed by atoms with E-state index in [0.29, 0.717) is 11.3 Å². The molecule has 2 nitrogen and oxygen atoms in total. The molecule has 2 N–H and O–H groups in total. The highest BCUT2D eigenvalue weighted by molar-refractivity contribution is 5.46. The molecule has 0 aliphatic heterocycles. The molecule has 19 heavy (non-hydrogen) atoms. The number of hydrogen-bond donors (Lipinski definition) is 1. The quantitative estimate of drug-likeness (QED) is 0.825. The molecule has 0 aliphatic carbocycles. The number of anilines is 1. The molecule has 3 heteroatoms. The highest BCUT2D eigenvalue weighted by Crippen LogP contribution is 2.18. The molecule has 0 aromatic heterocycles. The van der Waals surface area contributed by atoms with Gasteiger partial charge in [0, 0.05) is 11.3 Å². The van der Waals surface area contributed by atoms with Gasteiger partial charge in [0.2, 0.25) is 0 Å². The topological polar surface area (TPSA) is 35.2 Å². The Morgan fingerprint density at radius 2 is 1.84 bits per heavy atom. The van der Waals surface area contributed by atoms with Gasteiger partial charge in [-0.15, -0.1) is 0 Å². The maximum absolute atomic E-state index is 13.1. The van der Waals surface area contributed by atoms with Crippen molar-refractivity contribution >= 4 is 5.69 Å². The van der Waals surface area contributed by atoms with Crippen LogP contribution >= 0.6 is 0 Å². The Kier molecular flexibility index (Phi) is 4.39. The van der Waals surface area contributed by atoms with Crippen LogP contribution in [0.25, 0.3) is 0 Å². The summed E-state index contributed by atoms with van der Waals surface area (Å²) in [5.41, 5.74) is 8.27. The number of rotatable bonds is 5. The summed E-state index contributed by atoms with van der Waals surface area (Å²) in [6, 6.07) is 12.3. The lowest BCUT2D eigenvalue weighted by Gasteiger charge is -2.09. The van der Waals surface area contributed by atoms with Crippen LogP contribution in [0.15, 0.2) is 42.5 Å². The fourth-order valence-electron chi connectivity index (χ4n) is 1.90. The van der Waals surface area contributed by atoms with Crippen molar-refractivity contribution < 1.29 is 9.13 Å². The second-order valence-electron chi connectivity index (χ2n) is 4.53. The van der Waals surface area contributed by atoms with E-state index in [4.69, 9.17) is 10.5 Å². The van der Waals surface area contributed by atoms with Crippen LogP contribution in [0, 0.1) is 5.82 Å². The highest BCUT2D eigenvalue weighted by Gasteiger charge is 2.02. The summed E-state index contributed by atoms with van der Waals surface area (Å²) in [4.78, 5) is 0. The van der Waals surface area contributed by atoms with Gasteiger partial charge in [-0.1, -0.05) is 25.5 Å². The van der Waals surface area contributed by atoms with Crippen molar-refractivity contribution in [2.75, 3.05) is 5.73 Å². The van der Waals surface area contributed by atoms with Crippen molar-refractivity contribution in [2.45, 2.75) is 26.4 Å². The SMILES string of the molecule is CCCc1ccc(OCc2cc(F)ccc2N)cc1. The van der Waals surface area contributed by atoms with Gasteiger partial charge in [0.15, 0.2) is 0 Å². The van der Waals surface area contributed by atoms with Gasteiger partial charge in [0.05, 0.1) is 0 Å². The van der Waals surface area contributed by atoms with E-state index in [9.17, 15) is 4.39 Å². The molecular formula is C16H18FNO. The Morgan fingerprint density at radius 3 is 2.53 bits per heavy atom. The van der Waals surface area contributed by atoms with Crippen LogP contribution in [0.1, 0.15) is 24.5 Å². The molecule has 0 aliphatic rings. The van der Waals surface area contributed by atoms with Crippen molar-refractivity contribution in [1.29, 1.82) is 0 Å². The minimum absolute atomic E-state index is 0.275. The van der Waals surface area contributed by atoms with Gasteiger partial charge in [-0.25, -0.2) is 4.39 Å². The third-order valence-electron chi connectivity index (χ3n) is 2.96. The molecule has 0 radical (unpaired) electrons. The molecule has 0 amide bonds. The molecule has 2 aromatic carbocycles. The first-order chi connectivity index (χ1) is 9.19. The van der Waals surface area contributed by atoms with Gasteiger partial charge in [0.1, 0.15) is 18.2 Å². The van der Waals surface area contributed by atoms with Crippen LogP contribution in [0.2, 0.25) is 0 Å². The molecule has 0 heterocycles. The third kappa shape index (κ3) is 3.71. The molecule has 0 fully saturated rings. The maximum atomic E-state index is 13.1. The van der Waals surface area contributed by atoms with Crippen LogP contribution in [0.3, 0.4) is 0 Å². The molecule has 0 bridgehead atoms. The van der Waals surface area contributed by atoms with Gasteiger partial charge in [-0.3, -0.25) is 0 Å². The summed E-state index contributed by atoms with van der Waals surface area (Å²) in [5, 5.41) is 0. The maximum Gasteiger partial charge on any atom is 0.123 e. The van der Waals surface area contributed by atoms with Gasteiger partial charge in [-0.2, -0.15) is 0 Å². The van der Waals surface area contributed by atoms with Crippen LogP contribution in [0.4, 0.5) is 10.1 Å². The average molecular weight is 259 g/mol. The molecule has 0 spiro atoms. The summed E-state index contributed by atoms with van der Waals surface area (Å²) >= 11 is 0. The predicted molar refractivity (Wildman–Crippen MR) is 75.6 cm³/mol. The zero-order chi connectivity index (χ0) is 13.7. The van der Waals surface area contributed by atoms with Gasteiger partial charge in [-0.05, 0) is 42.3 Å². The van der Waals surface area contributed by atoms with Gasteiger partial charge in [0.25, 0.3) is 0 Å². The van der Waals surface area contributed by atoms with E-state index in [1.165, 1.54) is 17.7 Å². The van der Waals surface area contributed by atoms with Gasteiger partial charge < -0.3 is 10.5 Å². The second-order valence-corrected chi connectivity index (χ2v) is 4.53. The monoisotopic (exact) mass is 259 g/mol. The summed E-state index contributed by atoms with van der Waals surface area (Å²) in [6.07, 6.45) is 2.19. The lowest BCUT2D eigenvalue weighted by Crippen LogP contribution is -2.01. The standard InChI is InChI=1S/C16H18FNO/c1-2-3-12-4-7-15(8-5-12)19-11-13-10-14(17)6-9-16(13)18/h4-10H,2-3,11,18H2,1H3. The molecule has 2 rings (SSSR count). The van der Waals surface area contributed by atoms with Crippen molar-refractivity contribution in [2.24, 2.45) is 0 Å². The van der Waals surface area contributed by atoms with E-state index in [1.54, 1.807) is 6.07 Å². The summed E-state index contributed by atoms with van der Waals surface area (Å²) < 4.78 is 18.7. The zero-order valence-corrected chi connectivity index (χ0v) is 11.0. The molecule has 0 unspecified atom stereocenters. The Morgan fingerprint density at radius 1 is 1.11 bits per heavy atom. The predicted octanol–water partition coefficient (Wildman–Crippen LogP) is 3.94. The Balaban J connectivity index is 2.00. The van der Waals surface area contributed by atoms with E-state index in [0.717, 1.165) is 18.6 Å². The number of hydrogen-bond acceptors (Lipinski definition) is 2. The van der Waals surface area contributed by atoms with Crippen LogP contribution in [0.5, 0.6) is 5.75 Å². The number of halogens is 1. The summed E-state index contributed by atoms with van der Waals surface area (Å²) in [6.45, 7) is 2.42. The molecule has 0 saturated carbocycles. The van der Waals surface area contributed by atoms with E-state index in [-0.39, 0.29) is 12.4 Å². The fraction of sp³-hybridized carbons (Fsp3) is 0.250. The minimum Gasteiger partial charge on any atom is -0.489 e. The first kappa shape index (κ1) is 13.4. The fourth-order valence-corrected chi connectivity index (χ4v) is 1.90. The first-order valence-electron chi connectivity index (χ1n) is 6.44. The lowest BCUT2D eigenvalue weighted by molar-refractivity contribution is 0.306. The summed E-state index contributed by atoms with van der Waals surface area (Å²) in [7, 11) is 0. The van der Waals surface area contributed by atoms with Crippen molar-refractivity contribution in [1.82, 2.24) is 0 Å². The zero-order valence-electron chi connectivity index (χ0n) is 11.0. The average Bonchev–Trinajstić information content (AvgIpc) is 2.42. The highest BCUT2D eigenvalue weighted by atomic mass is 19.1. The number of aryl methyl sites for hydroxylation is 1. The first-order valence-corrected chi connectivity index (χ1v) is 6.44. The normalized spacial score (nSPS) is 10.4. The molecule has 2 aromatic rings. The second kappa shape index (κ2) is 6.23. The molecule has 0 saturated heterocycles. The Hall–Kier alpha value is -2.03. The third-order valence-corrected chi connectivity index (χ3v) is 2.96. The summed E-state index contributed by atoms with van der Waals surface area (Å²) in [5.74, 6) is 0.467. The van der Waals surface area contributed by atoms with E-state index < -0.39 is 0 Å². The number of ether oxygens (including phenoxy) is 1. The van der Waals surface area contributed by atoms with E-state index >= 15 is 0 Å². The van der Waals surface area contributed by atoms with Gasteiger partial charge >= 0.3 is 0 Å². The number of nitrogens with two attached hydrogens (primary N) is 1.